The summed E-state index contributed by atoms with van der Waals surface area (Å²) in [6.45, 7) is 4.51. The second-order valence-corrected chi connectivity index (χ2v) is 12.6. The van der Waals surface area contributed by atoms with Gasteiger partial charge >= 0.3 is 0 Å². The summed E-state index contributed by atoms with van der Waals surface area (Å²) in [6.07, 6.45) is 5.89. The maximum Gasteiger partial charge on any atom is 0.246 e. The number of nitrogens with zero attached hydrogens (tertiary/aromatic N) is 1. The molecule has 3 heterocycles. The smallest absolute Gasteiger partial charge is 0.246 e. The summed E-state index contributed by atoms with van der Waals surface area (Å²) in [4.78, 5) is 43.5. The highest BCUT2D eigenvalue weighted by atomic mass is 35.5. The van der Waals surface area contributed by atoms with E-state index in [0.29, 0.717) is 22.5 Å². The highest BCUT2D eigenvalue weighted by Gasteiger charge is 2.72. The van der Waals surface area contributed by atoms with Crippen LogP contribution >= 0.6 is 23.2 Å². The summed E-state index contributed by atoms with van der Waals surface area (Å²) in [5.74, 6) is -2.68. The zero-order valence-electron chi connectivity index (χ0n) is 22.8. The van der Waals surface area contributed by atoms with Crippen LogP contribution in [0.1, 0.15) is 38.7 Å². The van der Waals surface area contributed by atoms with Gasteiger partial charge in [0, 0.05) is 23.3 Å². The van der Waals surface area contributed by atoms with Gasteiger partial charge in [0.05, 0.1) is 23.0 Å². The SMILES string of the molecule is CC1CCCC(NC(=O)C2N(Cc3ccc(Cl)cc3)C(=O)C3C(C(=O)Nc4ccc(F)c(Cl)c4)C4C=CC32O4)C1C. The van der Waals surface area contributed by atoms with Crippen LogP contribution in [0.2, 0.25) is 10.0 Å². The second-order valence-electron chi connectivity index (χ2n) is 11.8. The van der Waals surface area contributed by atoms with Gasteiger partial charge in [0.25, 0.3) is 0 Å². The molecule has 41 heavy (non-hydrogen) atoms. The number of ether oxygens (including phenoxy) is 1. The first-order chi connectivity index (χ1) is 19.6. The van der Waals surface area contributed by atoms with Crippen LogP contribution in [0.5, 0.6) is 0 Å². The van der Waals surface area contributed by atoms with Gasteiger partial charge in [-0.2, -0.15) is 0 Å². The number of nitrogens with one attached hydrogen (secondary N) is 2. The normalized spacial score (nSPS) is 33.6. The summed E-state index contributed by atoms with van der Waals surface area (Å²) in [5, 5.41) is 6.46. The topological polar surface area (TPSA) is 87.7 Å². The van der Waals surface area contributed by atoms with Gasteiger partial charge < -0.3 is 20.3 Å². The Morgan fingerprint density at radius 2 is 1.85 bits per heavy atom. The minimum absolute atomic E-state index is 0.0147. The molecule has 0 radical (unpaired) electrons. The molecule has 1 aliphatic carbocycles. The molecular weight excluding hydrogens is 568 g/mol. The number of carbonyl (C=O) groups excluding carboxylic acids is 3. The average molecular weight is 601 g/mol. The Hall–Kier alpha value is -2.94. The lowest BCUT2D eigenvalue weighted by molar-refractivity contribution is -0.142. The molecule has 2 aromatic carbocycles. The summed E-state index contributed by atoms with van der Waals surface area (Å²) < 4.78 is 20.1. The van der Waals surface area contributed by atoms with E-state index < -0.39 is 41.3 Å². The van der Waals surface area contributed by atoms with Crippen LogP contribution in [-0.2, 0) is 25.7 Å². The predicted octanol–water partition coefficient (Wildman–Crippen LogP) is 5.36. The third-order valence-electron chi connectivity index (χ3n) is 9.41. The van der Waals surface area contributed by atoms with Crippen molar-refractivity contribution in [2.24, 2.45) is 23.7 Å². The maximum atomic E-state index is 14.2. The van der Waals surface area contributed by atoms with E-state index in [1.807, 2.05) is 12.1 Å². The summed E-state index contributed by atoms with van der Waals surface area (Å²) >= 11 is 12.0. The van der Waals surface area contributed by atoms with Gasteiger partial charge in [0.2, 0.25) is 17.7 Å². The van der Waals surface area contributed by atoms with Gasteiger partial charge in [-0.15, -0.1) is 0 Å². The summed E-state index contributed by atoms with van der Waals surface area (Å²) in [6, 6.07) is 10.0. The van der Waals surface area contributed by atoms with Gasteiger partial charge in [-0.1, -0.05) is 74.2 Å². The number of anilines is 1. The van der Waals surface area contributed by atoms with Crippen LogP contribution in [0.15, 0.2) is 54.6 Å². The van der Waals surface area contributed by atoms with Crippen molar-refractivity contribution in [2.45, 2.75) is 63.4 Å². The van der Waals surface area contributed by atoms with Gasteiger partial charge in [-0.3, -0.25) is 14.4 Å². The fraction of sp³-hybridized carbons (Fsp3) is 0.452. The molecule has 2 aromatic rings. The Kier molecular flexibility index (Phi) is 7.37. The highest BCUT2D eigenvalue weighted by molar-refractivity contribution is 6.31. The number of likely N-dealkylation sites (tertiary alicyclic amines) is 1. The number of amides is 3. The van der Waals surface area contributed by atoms with E-state index >= 15 is 0 Å². The van der Waals surface area contributed by atoms with Gasteiger partial charge in [0.15, 0.2) is 0 Å². The van der Waals surface area contributed by atoms with E-state index in [1.165, 1.54) is 18.2 Å². The van der Waals surface area contributed by atoms with E-state index in [0.717, 1.165) is 24.8 Å². The molecule has 2 N–H and O–H groups in total. The number of hydrogen-bond donors (Lipinski definition) is 2. The van der Waals surface area contributed by atoms with Crippen molar-refractivity contribution < 1.29 is 23.5 Å². The zero-order chi connectivity index (χ0) is 29.1. The fourth-order valence-corrected chi connectivity index (χ4v) is 7.38. The van der Waals surface area contributed by atoms with Gasteiger partial charge in [0.1, 0.15) is 17.5 Å². The lowest BCUT2D eigenvalue weighted by atomic mass is 9.73. The standard InChI is InChI=1S/C31H32Cl2FN3O4/c1-16-4-3-5-23(17(16)2)36-29(39)27-31-13-12-24(41-31)25(28(38)35-20-10-11-22(34)21(33)14-20)26(31)30(40)37(27)15-18-6-8-19(32)9-7-18/h6-14,16-17,23-27H,3-5,15H2,1-2H3,(H,35,38)(H,36,39). The number of halogens is 3. The first kappa shape index (κ1) is 28.2. The average Bonchev–Trinajstić information content (AvgIpc) is 3.58. The Bertz CT molecular complexity index is 1420. The van der Waals surface area contributed by atoms with Crippen LogP contribution in [0.25, 0.3) is 0 Å². The third-order valence-corrected chi connectivity index (χ3v) is 9.95. The van der Waals surface area contributed by atoms with Crippen molar-refractivity contribution in [3.05, 3.63) is 76.0 Å². The van der Waals surface area contributed by atoms with Crippen molar-refractivity contribution in [3.8, 4) is 0 Å². The Morgan fingerprint density at radius 3 is 2.59 bits per heavy atom. The van der Waals surface area contributed by atoms with Gasteiger partial charge in [-0.25, -0.2) is 4.39 Å². The summed E-state index contributed by atoms with van der Waals surface area (Å²) in [5.41, 5.74) is -0.179. The second kappa shape index (κ2) is 10.7. The van der Waals surface area contributed by atoms with Crippen LogP contribution in [0.3, 0.4) is 0 Å². The Morgan fingerprint density at radius 1 is 1.10 bits per heavy atom. The molecule has 3 aliphatic heterocycles. The molecule has 1 saturated carbocycles. The molecule has 6 rings (SSSR count). The number of fused-ring (bicyclic) bond motifs is 1. The van der Waals surface area contributed by atoms with E-state index in [1.54, 1.807) is 29.2 Å². The van der Waals surface area contributed by atoms with Crippen LogP contribution in [-0.4, -0.2) is 46.4 Å². The molecule has 2 bridgehead atoms. The number of benzene rings is 2. The molecule has 1 spiro atoms. The largest absolute Gasteiger partial charge is 0.359 e. The van der Waals surface area contributed by atoms with Crippen molar-refractivity contribution in [1.82, 2.24) is 10.2 Å². The molecule has 7 nitrogen and oxygen atoms in total. The first-order valence-electron chi connectivity index (χ1n) is 14.1. The molecule has 2 saturated heterocycles. The highest BCUT2D eigenvalue weighted by Crippen LogP contribution is 2.55. The molecule has 8 unspecified atom stereocenters. The van der Waals surface area contributed by atoms with Crippen molar-refractivity contribution in [3.63, 3.8) is 0 Å². The van der Waals surface area contributed by atoms with Crippen molar-refractivity contribution in [2.75, 3.05) is 5.32 Å². The zero-order valence-corrected chi connectivity index (χ0v) is 24.3. The monoisotopic (exact) mass is 599 g/mol. The van der Waals surface area contributed by atoms with Gasteiger partial charge in [-0.05, 0) is 54.2 Å². The summed E-state index contributed by atoms with van der Waals surface area (Å²) in [7, 11) is 0. The molecule has 3 fully saturated rings. The quantitative estimate of drug-likeness (QED) is 0.437. The molecule has 8 atom stereocenters. The molecule has 216 valence electrons. The molecule has 10 heteroatoms. The molecule has 3 amide bonds. The van der Waals surface area contributed by atoms with E-state index in [9.17, 15) is 18.8 Å². The maximum absolute atomic E-state index is 14.2. The molecule has 0 aromatic heterocycles. The predicted molar refractivity (Wildman–Crippen MR) is 154 cm³/mol. The number of carbonyl (C=O) groups is 3. The van der Waals surface area contributed by atoms with E-state index in [4.69, 9.17) is 27.9 Å². The van der Waals surface area contributed by atoms with Crippen molar-refractivity contribution >= 4 is 46.6 Å². The van der Waals surface area contributed by atoms with Crippen LogP contribution < -0.4 is 10.6 Å². The van der Waals surface area contributed by atoms with E-state index in [-0.39, 0.29) is 29.4 Å². The minimum Gasteiger partial charge on any atom is -0.359 e. The fourth-order valence-electron chi connectivity index (χ4n) is 7.07. The lowest BCUT2D eigenvalue weighted by Gasteiger charge is -2.38. The Balaban J connectivity index is 1.32. The van der Waals surface area contributed by atoms with Crippen LogP contribution in [0.4, 0.5) is 10.1 Å². The number of rotatable bonds is 6. The van der Waals surface area contributed by atoms with Crippen molar-refractivity contribution in [1.29, 1.82) is 0 Å². The molecular formula is C31H32Cl2FN3O4. The minimum atomic E-state index is -1.29. The Labute approximate surface area is 248 Å². The van der Waals surface area contributed by atoms with Crippen LogP contribution in [0, 0.1) is 29.5 Å². The third kappa shape index (κ3) is 4.84. The molecule has 4 aliphatic rings. The first-order valence-corrected chi connectivity index (χ1v) is 14.8. The number of hydrogen-bond acceptors (Lipinski definition) is 4. The van der Waals surface area contributed by atoms with E-state index in [2.05, 4.69) is 24.5 Å². The lowest BCUT2D eigenvalue weighted by Crippen LogP contribution is -2.57.